The van der Waals surface area contributed by atoms with Crippen LogP contribution in [0.25, 0.3) is 0 Å². The summed E-state index contributed by atoms with van der Waals surface area (Å²) in [5.74, 6) is 2.63. The van der Waals surface area contributed by atoms with Crippen molar-refractivity contribution in [3.8, 4) is 0 Å². The van der Waals surface area contributed by atoms with Gasteiger partial charge in [-0.15, -0.1) is 0 Å². The highest BCUT2D eigenvalue weighted by Gasteiger charge is 2.27. The van der Waals surface area contributed by atoms with Gasteiger partial charge < -0.3 is 10.2 Å². The maximum atomic E-state index is 3.71. The van der Waals surface area contributed by atoms with Crippen LogP contribution in [-0.4, -0.2) is 49.6 Å². The Kier molecular flexibility index (Phi) is 6.16. The molecule has 1 fully saturated rings. The summed E-state index contributed by atoms with van der Waals surface area (Å²) in [5.41, 5.74) is 0.532. The minimum atomic E-state index is 0.532. The molecule has 0 bridgehead atoms. The van der Waals surface area contributed by atoms with E-state index in [1.165, 1.54) is 43.9 Å². The van der Waals surface area contributed by atoms with E-state index in [2.05, 4.69) is 49.9 Å². The lowest BCUT2D eigenvalue weighted by atomic mass is 9.88. The highest BCUT2D eigenvalue weighted by molar-refractivity contribution is 7.99. The van der Waals surface area contributed by atoms with Gasteiger partial charge in [-0.05, 0) is 57.6 Å². The Morgan fingerprint density at radius 3 is 2.69 bits per heavy atom. The number of nitrogens with zero attached hydrogens (tertiary/aromatic N) is 1. The van der Waals surface area contributed by atoms with Crippen LogP contribution in [0.5, 0.6) is 0 Å². The normalized spacial score (nSPS) is 24.9. The number of hydrogen-bond donors (Lipinski definition) is 1. The standard InChI is InChI=1S/C13H28N2S/c1-13(2)9-12(10-16-11-13)14-7-5-6-8-15(3)4/h12,14H,5-11H2,1-4H3. The van der Waals surface area contributed by atoms with Crippen LogP contribution in [0.15, 0.2) is 0 Å². The average molecular weight is 244 g/mol. The van der Waals surface area contributed by atoms with Gasteiger partial charge in [0.25, 0.3) is 0 Å². The Labute approximate surface area is 106 Å². The molecule has 1 N–H and O–H groups in total. The van der Waals surface area contributed by atoms with E-state index in [0.29, 0.717) is 5.41 Å². The molecule has 0 radical (unpaired) electrons. The first-order valence-electron chi connectivity index (χ1n) is 6.45. The first-order chi connectivity index (χ1) is 7.49. The maximum Gasteiger partial charge on any atom is 0.0163 e. The van der Waals surface area contributed by atoms with Crippen molar-refractivity contribution in [2.24, 2.45) is 5.41 Å². The van der Waals surface area contributed by atoms with Gasteiger partial charge >= 0.3 is 0 Å². The molecule has 0 spiro atoms. The van der Waals surface area contributed by atoms with Crippen LogP contribution >= 0.6 is 11.8 Å². The van der Waals surface area contributed by atoms with Crippen LogP contribution in [0.2, 0.25) is 0 Å². The zero-order valence-corrected chi connectivity index (χ0v) is 12.2. The van der Waals surface area contributed by atoms with E-state index in [1.807, 2.05) is 0 Å². The average Bonchev–Trinajstić information content (AvgIpc) is 2.15. The van der Waals surface area contributed by atoms with Gasteiger partial charge in [-0.1, -0.05) is 13.8 Å². The van der Waals surface area contributed by atoms with Crippen LogP contribution in [0.3, 0.4) is 0 Å². The summed E-state index contributed by atoms with van der Waals surface area (Å²) in [6.07, 6.45) is 3.96. The molecule has 16 heavy (non-hydrogen) atoms. The number of hydrogen-bond acceptors (Lipinski definition) is 3. The van der Waals surface area contributed by atoms with Gasteiger partial charge in [-0.3, -0.25) is 0 Å². The van der Waals surface area contributed by atoms with E-state index in [1.54, 1.807) is 0 Å². The second-order valence-electron chi connectivity index (χ2n) is 6.04. The monoisotopic (exact) mass is 244 g/mol. The van der Waals surface area contributed by atoms with E-state index in [9.17, 15) is 0 Å². The molecular formula is C13H28N2S. The third-order valence-corrected chi connectivity index (χ3v) is 4.70. The van der Waals surface area contributed by atoms with Crippen LogP contribution in [0.4, 0.5) is 0 Å². The molecule has 1 unspecified atom stereocenters. The molecule has 0 aromatic rings. The third-order valence-electron chi connectivity index (χ3n) is 3.08. The van der Waals surface area contributed by atoms with Gasteiger partial charge in [0.2, 0.25) is 0 Å². The Morgan fingerprint density at radius 1 is 1.31 bits per heavy atom. The molecular weight excluding hydrogens is 216 g/mol. The van der Waals surface area contributed by atoms with Gasteiger partial charge in [0.1, 0.15) is 0 Å². The summed E-state index contributed by atoms with van der Waals surface area (Å²) in [7, 11) is 4.29. The molecule has 96 valence electrons. The Bertz CT molecular complexity index is 192. The van der Waals surface area contributed by atoms with Crippen molar-refractivity contribution in [1.82, 2.24) is 10.2 Å². The van der Waals surface area contributed by atoms with Crippen molar-refractivity contribution in [1.29, 1.82) is 0 Å². The summed E-state index contributed by atoms with van der Waals surface area (Å²) in [4.78, 5) is 2.26. The van der Waals surface area contributed by atoms with E-state index < -0.39 is 0 Å². The predicted molar refractivity (Wildman–Crippen MR) is 75.3 cm³/mol. The predicted octanol–water partition coefficient (Wildman–Crippen LogP) is 2.45. The first-order valence-corrected chi connectivity index (χ1v) is 7.61. The van der Waals surface area contributed by atoms with Gasteiger partial charge in [0.15, 0.2) is 0 Å². The Hall–Kier alpha value is 0.270. The van der Waals surface area contributed by atoms with E-state index in [-0.39, 0.29) is 0 Å². The Morgan fingerprint density at radius 2 is 2.06 bits per heavy atom. The highest BCUT2D eigenvalue weighted by Crippen LogP contribution is 2.33. The van der Waals surface area contributed by atoms with E-state index in [4.69, 9.17) is 0 Å². The molecule has 0 aromatic heterocycles. The lowest BCUT2D eigenvalue weighted by molar-refractivity contribution is 0.315. The number of nitrogens with one attached hydrogen (secondary N) is 1. The number of unbranched alkanes of at least 4 members (excludes halogenated alkanes) is 1. The second-order valence-corrected chi connectivity index (χ2v) is 7.08. The molecule has 0 aliphatic carbocycles. The summed E-state index contributed by atoms with van der Waals surface area (Å²) < 4.78 is 0. The summed E-state index contributed by atoms with van der Waals surface area (Å²) in [5, 5.41) is 3.71. The second kappa shape index (κ2) is 6.87. The molecule has 2 nitrogen and oxygen atoms in total. The van der Waals surface area contributed by atoms with Gasteiger partial charge in [-0.25, -0.2) is 0 Å². The first kappa shape index (κ1) is 14.3. The molecule has 3 heteroatoms. The largest absolute Gasteiger partial charge is 0.313 e. The number of rotatable bonds is 6. The lowest BCUT2D eigenvalue weighted by Gasteiger charge is -2.35. The zero-order valence-electron chi connectivity index (χ0n) is 11.4. The quantitative estimate of drug-likeness (QED) is 0.723. The van der Waals surface area contributed by atoms with Crippen molar-refractivity contribution in [2.45, 2.75) is 39.2 Å². The number of thioether (sulfide) groups is 1. The molecule has 1 aliphatic heterocycles. The van der Waals surface area contributed by atoms with Crippen LogP contribution in [0.1, 0.15) is 33.1 Å². The molecule has 0 saturated carbocycles. The van der Waals surface area contributed by atoms with Crippen LogP contribution in [-0.2, 0) is 0 Å². The van der Waals surface area contributed by atoms with Crippen LogP contribution < -0.4 is 5.32 Å². The van der Waals surface area contributed by atoms with Crippen molar-refractivity contribution in [3.63, 3.8) is 0 Å². The van der Waals surface area contributed by atoms with Crippen LogP contribution in [0, 0.1) is 5.41 Å². The third kappa shape index (κ3) is 6.12. The van der Waals surface area contributed by atoms with Crippen molar-refractivity contribution in [2.75, 3.05) is 38.7 Å². The van der Waals surface area contributed by atoms with Crippen molar-refractivity contribution >= 4 is 11.8 Å². The molecule has 0 aromatic carbocycles. The van der Waals surface area contributed by atoms with Crippen molar-refractivity contribution < 1.29 is 0 Å². The van der Waals surface area contributed by atoms with E-state index in [0.717, 1.165) is 6.04 Å². The highest BCUT2D eigenvalue weighted by atomic mass is 32.2. The molecule has 1 atom stereocenters. The maximum absolute atomic E-state index is 3.71. The molecule has 1 saturated heterocycles. The minimum Gasteiger partial charge on any atom is -0.313 e. The van der Waals surface area contributed by atoms with Gasteiger partial charge in [0, 0.05) is 11.8 Å². The lowest BCUT2D eigenvalue weighted by Crippen LogP contribution is -2.40. The zero-order chi connectivity index (χ0) is 12.0. The molecule has 1 aliphatic rings. The SMILES string of the molecule is CN(C)CCCCNC1CSCC(C)(C)C1. The van der Waals surface area contributed by atoms with Gasteiger partial charge in [-0.2, -0.15) is 11.8 Å². The van der Waals surface area contributed by atoms with Crippen molar-refractivity contribution in [3.05, 3.63) is 0 Å². The molecule has 1 heterocycles. The summed E-state index contributed by atoms with van der Waals surface area (Å²) in [6.45, 7) is 7.18. The Balaban J connectivity index is 2.04. The smallest absolute Gasteiger partial charge is 0.0163 e. The summed E-state index contributed by atoms with van der Waals surface area (Å²) in [6, 6.07) is 0.744. The van der Waals surface area contributed by atoms with Gasteiger partial charge in [0.05, 0.1) is 0 Å². The summed E-state index contributed by atoms with van der Waals surface area (Å²) >= 11 is 2.11. The van der Waals surface area contributed by atoms with E-state index >= 15 is 0 Å². The fourth-order valence-corrected chi connectivity index (χ4v) is 3.56. The topological polar surface area (TPSA) is 15.3 Å². The minimum absolute atomic E-state index is 0.532. The molecule has 0 amide bonds. The fraction of sp³-hybridized carbons (Fsp3) is 1.00. The molecule has 1 rings (SSSR count). The fourth-order valence-electron chi connectivity index (χ4n) is 2.25.